The Morgan fingerprint density at radius 2 is 0.873 bits per heavy atom. The van der Waals surface area contributed by atoms with Crippen LogP contribution in [0.3, 0.4) is 0 Å². The van der Waals surface area contributed by atoms with E-state index in [0.717, 1.165) is 89.9 Å². The van der Waals surface area contributed by atoms with Crippen molar-refractivity contribution in [3.05, 3.63) is 48.6 Å². The Kier molecular flexibility index (Phi) is 49.1. The second-order valence-electron chi connectivity index (χ2n) is 18.7. The first-order valence-corrected chi connectivity index (χ1v) is 27.4. The summed E-state index contributed by atoms with van der Waals surface area (Å²) in [5, 5.41) is 23.8. The molecule has 1 amide bonds. The first-order chi connectivity index (χ1) is 31.0. The van der Waals surface area contributed by atoms with Crippen LogP contribution in [-0.2, 0) is 14.3 Å². The predicted molar refractivity (Wildman–Crippen MR) is 273 cm³/mol. The number of unbranched alkanes of at least 4 members (excludes halogenated alkanes) is 31. The lowest BCUT2D eigenvalue weighted by molar-refractivity contribution is -0.151. The number of aliphatic hydroxyl groups is 2. The fraction of sp³-hybridized carbons (Fsp3) is 0.825. The highest BCUT2D eigenvalue weighted by Crippen LogP contribution is 2.18. The van der Waals surface area contributed by atoms with Crippen molar-refractivity contribution in [1.29, 1.82) is 0 Å². The van der Waals surface area contributed by atoms with E-state index in [1.807, 2.05) is 0 Å². The van der Waals surface area contributed by atoms with E-state index in [4.69, 9.17) is 4.74 Å². The van der Waals surface area contributed by atoms with E-state index in [1.165, 1.54) is 141 Å². The van der Waals surface area contributed by atoms with Crippen LogP contribution in [0.2, 0.25) is 0 Å². The quantitative estimate of drug-likeness (QED) is 0.0245. The van der Waals surface area contributed by atoms with Crippen LogP contribution in [0.5, 0.6) is 0 Å². The smallest absolute Gasteiger partial charge is 0.306 e. The Balaban J connectivity index is 4.54. The van der Waals surface area contributed by atoms with Crippen LogP contribution < -0.4 is 5.32 Å². The van der Waals surface area contributed by atoms with Gasteiger partial charge in [-0.1, -0.05) is 243 Å². The van der Waals surface area contributed by atoms with Crippen molar-refractivity contribution < 1.29 is 24.5 Å². The second-order valence-corrected chi connectivity index (χ2v) is 18.7. The van der Waals surface area contributed by atoms with Crippen molar-refractivity contribution in [2.24, 2.45) is 0 Å². The molecule has 6 heteroatoms. The molecule has 0 fully saturated rings. The van der Waals surface area contributed by atoms with Gasteiger partial charge in [-0.25, -0.2) is 0 Å². The van der Waals surface area contributed by atoms with Crippen molar-refractivity contribution in [2.75, 3.05) is 6.61 Å². The van der Waals surface area contributed by atoms with Gasteiger partial charge in [0.05, 0.1) is 25.2 Å². The van der Waals surface area contributed by atoms with Gasteiger partial charge in [0.1, 0.15) is 6.10 Å². The number of ether oxygens (including phenoxy) is 1. The van der Waals surface area contributed by atoms with Gasteiger partial charge < -0.3 is 20.3 Å². The number of allylic oxidation sites excluding steroid dienone is 8. The normalized spacial score (nSPS) is 13.5. The van der Waals surface area contributed by atoms with Crippen LogP contribution in [0, 0.1) is 0 Å². The Labute approximate surface area is 391 Å². The van der Waals surface area contributed by atoms with Crippen LogP contribution >= 0.6 is 0 Å². The molecule has 0 saturated carbocycles. The third kappa shape index (κ3) is 46.2. The molecule has 63 heavy (non-hydrogen) atoms. The van der Waals surface area contributed by atoms with E-state index in [2.05, 4.69) is 74.7 Å². The highest BCUT2D eigenvalue weighted by atomic mass is 16.5. The molecule has 0 aromatic carbocycles. The molecule has 0 radical (unpaired) electrons. The number of hydrogen-bond donors (Lipinski definition) is 3. The summed E-state index contributed by atoms with van der Waals surface area (Å²) in [6.45, 7) is 6.36. The minimum absolute atomic E-state index is 0.0589. The molecule has 0 aliphatic heterocycles. The van der Waals surface area contributed by atoms with Gasteiger partial charge in [-0.2, -0.15) is 0 Å². The maximum Gasteiger partial charge on any atom is 0.306 e. The minimum Gasteiger partial charge on any atom is -0.462 e. The average molecular weight is 884 g/mol. The number of carbonyl (C=O) groups is 2. The zero-order valence-electron chi connectivity index (χ0n) is 42.0. The van der Waals surface area contributed by atoms with Gasteiger partial charge >= 0.3 is 5.97 Å². The number of esters is 1. The zero-order chi connectivity index (χ0) is 45.9. The Morgan fingerprint density at radius 3 is 1.33 bits per heavy atom. The number of nitrogens with one attached hydrogen (secondary N) is 1. The fourth-order valence-electron chi connectivity index (χ4n) is 8.31. The topological polar surface area (TPSA) is 95.9 Å². The summed E-state index contributed by atoms with van der Waals surface area (Å²) < 4.78 is 5.92. The third-order valence-corrected chi connectivity index (χ3v) is 12.5. The molecule has 0 aliphatic rings. The summed E-state index contributed by atoms with van der Waals surface area (Å²) in [6.07, 6.45) is 61.8. The molecule has 0 bridgehead atoms. The lowest BCUT2D eigenvalue weighted by Gasteiger charge is -2.24. The van der Waals surface area contributed by atoms with E-state index >= 15 is 0 Å². The maximum atomic E-state index is 13.2. The number of carbonyl (C=O) groups excluding carboxylic acids is 2. The molecular weight excluding hydrogens is 779 g/mol. The zero-order valence-corrected chi connectivity index (χ0v) is 42.0. The van der Waals surface area contributed by atoms with E-state index in [-0.39, 0.29) is 24.9 Å². The van der Waals surface area contributed by atoms with Gasteiger partial charge in [-0.05, 0) is 70.6 Å². The SMILES string of the molecule is CC/C=C/C=C/C=C/CCCCCCCC(CC(=O)NC(CO)C(O)CCCCCCCCCCCCCCCCCCC)OC(=O)CCCCC/C=C\CCCCCCCCC. The lowest BCUT2D eigenvalue weighted by atomic mass is 10.0. The molecule has 0 aromatic heterocycles. The van der Waals surface area contributed by atoms with Gasteiger partial charge in [-0.3, -0.25) is 9.59 Å². The van der Waals surface area contributed by atoms with Crippen molar-refractivity contribution in [2.45, 2.75) is 296 Å². The van der Waals surface area contributed by atoms with Gasteiger partial charge in [0.15, 0.2) is 0 Å². The summed E-state index contributed by atoms with van der Waals surface area (Å²) in [6, 6.07) is -0.711. The Bertz CT molecular complexity index is 1080. The fourth-order valence-corrected chi connectivity index (χ4v) is 8.31. The molecule has 3 N–H and O–H groups in total. The van der Waals surface area contributed by atoms with Gasteiger partial charge in [0.25, 0.3) is 0 Å². The summed E-state index contributed by atoms with van der Waals surface area (Å²) in [7, 11) is 0. The van der Waals surface area contributed by atoms with Crippen LogP contribution in [0.15, 0.2) is 48.6 Å². The number of amides is 1. The van der Waals surface area contributed by atoms with E-state index in [9.17, 15) is 19.8 Å². The molecule has 0 aliphatic carbocycles. The maximum absolute atomic E-state index is 13.2. The van der Waals surface area contributed by atoms with Crippen LogP contribution in [0.1, 0.15) is 278 Å². The van der Waals surface area contributed by atoms with Crippen molar-refractivity contribution >= 4 is 11.9 Å². The highest BCUT2D eigenvalue weighted by molar-refractivity contribution is 5.77. The minimum atomic E-state index is -0.796. The van der Waals surface area contributed by atoms with E-state index in [0.29, 0.717) is 19.3 Å². The Hall–Kier alpha value is -2.18. The number of rotatable bonds is 49. The van der Waals surface area contributed by atoms with Gasteiger partial charge in [0, 0.05) is 6.42 Å². The molecule has 6 nitrogen and oxygen atoms in total. The molecular formula is C57H105NO5. The molecule has 0 rings (SSSR count). The van der Waals surface area contributed by atoms with Crippen LogP contribution in [0.25, 0.3) is 0 Å². The number of aliphatic hydroxyl groups excluding tert-OH is 2. The first kappa shape index (κ1) is 60.8. The van der Waals surface area contributed by atoms with Crippen molar-refractivity contribution in [1.82, 2.24) is 5.32 Å². The largest absolute Gasteiger partial charge is 0.462 e. The summed E-state index contributed by atoms with van der Waals surface area (Å²) in [4.78, 5) is 26.2. The van der Waals surface area contributed by atoms with Crippen molar-refractivity contribution in [3.63, 3.8) is 0 Å². The predicted octanol–water partition coefficient (Wildman–Crippen LogP) is 16.6. The lowest BCUT2D eigenvalue weighted by Crippen LogP contribution is -2.46. The third-order valence-electron chi connectivity index (χ3n) is 12.5. The van der Waals surface area contributed by atoms with Crippen LogP contribution in [-0.4, -0.2) is 46.9 Å². The molecule has 3 atom stereocenters. The molecule has 0 heterocycles. The molecule has 368 valence electrons. The Morgan fingerprint density at radius 1 is 0.476 bits per heavy atom. The van der Waals surface area contributed by atoms with Crippen molar-refractivity contribution in [3.8, 4) is 0 Å². The molecule has 0 aromatic rings. The molecule has 0 saturated heterocycles. The van der Waals surface area contributed by atoms with Gasteiger partial charge in [0.2, 0.25) is 5.91 Å². The number of hydrogen-bond acceptors (Lipinski definition) is 5. The standard InChI is InChI=1S/C57H105NO5/c1-4-7-10-13-16-19-22-25-27-28-29-31-34-37-40-43-46-49-55(60)54(52-59)58-56(61)51-53(48-45-42-39-36-33-30-24-21-18-15-12-9-6-3)63-57(62)50-47-44-41-38-35-32-26-23-20-17-14-11-8-5-2/h9,12,15,18,21,24,32,35,53-55,59-60H,4-8,10-11,13-14,16-17,19-20,22-23,25-31,33-34,36-52H2,1-3H3,(H,58,61)/b12-9+,18-15+,24-21+,35-32-. The summed E-state index contributed by atoms with van der Waals surface area (Å²) >= 11 is 0. The van der Waals surface area contributed by atoms with E-state index in [1.54, 1.807) is 0 Å². The second kappa shape index (κ2) is 50.8. The summed E-state index contributed by atoms with van der Waals surface area (Å²) in [5.74, 6) is -0.506. The summed E-state index contributed by atoms with van der Waals surface area (Å²) in [5.41, 5.74) is 0. The molecule has 0 spiro atoms. The monoisotopic (exact) mass is 884 g/mol. The van der Waals surface area contributed by atoms with Crippen LogP contribution in [0.4, 0.5) is 0 Å². The van der Waals surface area contributed by atoms with Gasteiger partial charge in [-0.15, -0.1) is 0 Å². The highest BCUT2D eigenvalue weighted by Gasteiger charge is 2.24. The first-order valence-electron chi connectivity index (χ1n) is 27.4. The molecule has 3 unspecified atom stereocenters. The van der Waals surface area contributed by atoms with E-state index < -0.39 is 18.2 Å². The average Bonchev–Trinajstić information content (AvgIpc) is 3.28.